The van der Waals surface area contributed by atoms with Crippen LogP contribution < -0.4 is 0 Å². The van der Waals surface area contributed by atoms with E-state index < -0.39 is 0 Å². The number of thiophene rings is 1. The minimum absolute atomic E-state index is 0.885. The molecule has 13 heavy (non-hydrogen) atoms. The molecule has 68 valence electrons. The molecule has 1 aromatic carbocycles. The molecule has 0 saturated heterocycles. The van der Waals surface area contributed by atoms with Crippen molar-refractivity contribution in [3.05, 3.63) is 31.7 Å². The summed E-state index contributed by atoms with van der Waals surface area (Å²) in [6, 6.07) is 4.19. The number of benzene rings is 1. The Morgan fingerprint density at radius 1 is 1.46 bits per heavy atom. The molecule has 0 amide bonds. The predicted molar refractivity (Wildman–Crippen MR) is 72.2 cm³/mol. The maximum Gasteiger partial charge on any atom is 0.0717 e. The second-order valence-electron chi connectivity index (χ2n) is 2.63. The number of hydrogen-bond donors (Lipinski definition) is 0. The van der Waals surface area contributed by atoms with Crippen LogP contribution in [-0.4, -0.2) is 0 Å². The summed E-state index contributed by atoms with van der Waals surface area (Å²) in [5.74, 6) is 0. The van der Waals surface area contributed by atoms with Gasteiger partial charge in [-0.05, 0) is 45.0 Å². The van der Waals surface area contributed by atoms with Crippen LogP contribution in [0.5, 0.6) is 0 Å². The molecule has 0 spiro atoms. The average Bonchev–Trinajstić information content (AvgIpc) is 2.55. The first-order valence-corrected chi connectivity index (χ1v) is 7.10. The van der Waals surface area contributed by atoms with Gasteiger partial charge in [-0.3, -0.25) is 0 Å². The average molecular weight is 387 g/mol. The lowest BCUT2D eigenvalue weighted by molar-refractivity contribution is 1.54. The molecule has 0 aliphatic rings. The predicted octanol–water partition coefficient (Wildman–Crippen LogP) is 5.05. The van der Waals surface area contributed by atoms with Crippen molar-refractivity contribution in [2.75, 3.05) is 0 Å². The zero-order valence-corrected chi connectivity index (χ0v) is 11.8. The zero-order valence-electron chi connectivity index (χ0n) is 6.48. The van der Waals surface area contributed by atoms with Crippen molar-refractivity contribution in [3.8, 4) is 0 Å². The van der Waals surface area contributed by atoms with E-state index in [0.29, 0.717) is 0 Å². The van der Waals surface area contributed by atoms with E-state index in [1.165, 1.54) is 15.6 Å². The van der Waals surface area contributed by atoms with Gasteiger partial charge in [0.25, 0.3) is 0 Å². The molecule has 2 rings (SSSR count). The highest BCUT2D eigenvalue weighted by Gasteiger charge is 2.08. The Labute approximate surface area is 108 Å². The molecule has 0 nitrogen and oxygen atoms in total. The molecule has 0 bridgehead atoms. The number of hydrogen-bond acceptors (Lipinski definition) is 1. The molecular formula is C9H5BrClIS. The Kier molecular flexibility index (Phi) is 3.18. The van der Waals surface area contributed by atoms with Gasteiger partial charge in [-0.15, -0.1) is 11.3 Å². The van der Waals surface area contributed by atoms with Crippen LogP contribution in [0.2, 0.25) is 5.02 Å². The van der Waals surface area contributed by atoms with Crippen molar-refractivity contribution in [1.82, 2.24) is 0 Å². The Bertz CT molecular complexity index is 452. The first kappa shape index (κ1) is 10.2. The molecule has 1 aromatic heterocycles. The lowest BCUT2D eigenvalue weighted by Crippen LogP contribution is -1.76. The number of fused-ring (bicyclic) bond motifs is 1. The van der Waals surface area contributed by atoms with Gasteiger partial charge in [0, 0.05) is 8.90 Å². The lowest BCUT2D eigenvalue weighted by atomic mass is 10.2. The molecule has 0 aliphatic carbocycles. The first-order valence-electron chi connectivity index (χ1n) is 3.64. The molecule has 2 aromatic rings. The molecule has 0 fully saturated rings. The SMILES string of the molecule is Clc1c(I)ccc2c(CBr)csc12. The van der Waals surface area contributed by atoms with Crippen LogP contribution in [0.15, 0.2) is 17.5 Å². The second kappa shape index (κ2) is 4.04. The monoisotopic (exact) mass is 386 g/mol. The van der Waals surface area contributed by atoms with Gasteiger partial charge >= 0.3 is 0 Å². The van der Waals surface area contributed by atoms with Crippen LogP contribution in [-0.2, 0) is 5.33 Å². The van der Waals surface area contributed by atoms with Gasteiger partial charge in [-0.1, -0.05) is 33.6 Å². The fraction of sp³-hybridized carbons (Fsp3) is 0.111. The summed E-state index contributed by atoms with van der Waals surface area (Å²) in [6.07, 6.45) is 0. The van der Waals surface area contributed by atoms with Crippen molar-refractivity contribution >= 4 is 71.5 Å². The standard InChI is InChI=1S/C9H5BrClIS/c10-3-5-4-13-9-6(5)1-2-7(12)8(9)11/h1-2,4H,3H2. The van der Waals surface area contributed by atoms with Crippen molar-refractivity contribution in [1.29, 1.82) is 0 Å². The molecule has 1 heterocycles. The Balaban J connectivity index is 2.81. The summed E-state index contributed by atoms with van der Waals surface area (Å²) in [6.45, 7) is 0. The Hall–Kier alpha value is 0.680. The highest BCUT2D eigenvalue weighted by Crippen LogP contribution is 2.35. The summed E-state index contributed by atoms with van der Waals surface area (Å²) in [5, 5.41) is 5.20. The van der Waals surface area contributed by atoms with Crippen LogP contribution in [0.25, 0.3) is 10.1 Å². The topological polar surface area (TPSA) is 0 Å². The minimum Gasteiger partial charge on any atom is -0.142 e. The molecular weight excluding hydrogens is 382 g/mol. The number of alkyl halides is 1. The molecule has 0 aliphatic heterocycles. The van der Waals surface area contributed by atoms with Crippen molar-refractivity contribution in [2.45, 2.75) is 5.33 Å². The van der Waals surface area contributed by atoms with Gasteiger partial charge < -0.3 is 0 Å². The van der Waals surface area contributed by atoms with Gasteiger partial charge in [0.15, 0.2) is 0 Å². The van der Waals surface area contributed by atoms with Crippen molar-refractivity contribution in [2.24, 2.45) is 0 Å². The van der Waals surface area contributed by atoms with Crippen LogP contribution >= 0.6 is 61.5 Å². The quantitative estimate of drug-likeness (QED) is 0.474. The third kappa shape index (κ3) is 1.76. The van der Waals surface area contributed by atoms with Crippen molar-refractivity contribution < 1.29 is 0 Å². The fourth-order valence-electron chi connectivity index (χ4n) is 1.20. The third-order valence-corrected chi connectivity index (χ3v) is 5.25. The molecule has 0 radical (unpaired) electrons. The van der Waals surface area contributed by atoms with Crippen LogP contribution in [0.3, 0.4) is 0 Å². The van der Waals surface area contributed by atoms with Gasteiger partial charge in [0.05, 0.1) is 9.72 Å². The van der Waals surface area contributed by atoms with Gasteiger partial charge in [-0.25, -0.2) is 0 Å². The van der Waals surface area contributed by atoms with Crippen molar-refractivity contribution in [3.63, 3.8) is 0 Å². The highest BCUT2D eigenvalue weighted by molar-refractivity contribution is 14.1. The summed E-state index contributed by atoms with van der Waals surface area (Å²) < 4.78 is 2.32. The van der Waals surface area contributed by atoms with E-state index in [-0.39, 0.29) is 0 Å². The minimum atomic E-state index is 0.885. The molecule has 4 heteroatoms. The summed E-state index contributed by atoms with van der Waals surface area (Å²) >= 11 is 13.6. The van der Waals surface area contributed by atoms with E-state index in [9.17, 15) is 0 Å². The van der Waals surface area contributed by atoms with Crippen LogP contribution in [0.4, 0.5) is 0 Å². The largest absolute Gasteiger partial charge is 0.142 e. The van der Waals surface area contributed by atoms with E-state index in [0.717, 1.165) is 13.9 Å². The normalized spacial score (nSPS) is 11.0. The fourth-order valence-corrected chi connectivity index (χ4v) is 3.82. The van der Waals surface area contributed by atoms with Gasteiger partial charge in [0.1, 0.15) is 0 Å². The summed E-state index contributed by atoms with van der Waals surface area (Å²) in [4.78, 5) is 0. The highest BCUT2D eigenvalue weighted by atomic mass is 127. The Morgan fingerprint density at radius 3 is 2.92 bits per heavy atom. The molecule has 0 saturated carbocycles. The van der Waals surface area contributed by atoms with Crippen LogP contribution in [0.1, 0.15) is 5.56 Å². The molecule has 0 unspecified atom stereocenters. The van der Waals surface area contributed by atoms with Gasteiger partial charge in [-0.2, -0.15) is 0 Å². The second-order valence-corrected chi connectivity index (χ2v) is 5.61. The van der Waals surface area contributed by atoms with E-state index in [4.69, 9.17) is 11.6 Å². The Morgan fingerprint density at radius 2 is 2.23 bits per heavy atom. The van der Waals surface area contributed by atoms with E-state index in [1.807, 2.05) is 0 Å². The number of rotatable bonds is 1. The van der Waals surface area contributed by atoms with Gasteiger partial charge in [0.2, 0.25) is 0 Å². The zero-order chi connectivity index (χ0) is 9.42. The third-order valence-electron chi connectivity index (χ3n) is 1.86. The van der Waals surface area contributed by atoms with E-state index in [1.54, 1.807) is 11.3 Å². The van der Waals surface area contributed by atoms with E-state index >= 15 is 0 Å². The summed E-state index contributed by atoms with van der Waals surface area (Å²) in [7, 11) is 0. The maximum atomic E-state index is 6.18. The molecule has 0 atom stereocenters. The van der Waals surface area contributed by atoms with Crippen LogP contribution in [0, 0.1) is 3.57 Å². The van der Waals surface area contributed by atoms with E-state index in [2.05, 4.69) is 56.0 Å². The lowest BCUT2D eigenvalue weighted by Gasteiger charge is -1.97. The number of halogens is 3. The first-order chi connectivity index (χ1) is 6.24. The molecule has 0 N–H and O–H groups in total. The summed E-state index contributed by atoms with van der Waals surface area (Å²) in [5.41, 5.74) is 1.32. The smallest absolute Gasteiger partial charge is 0.0717 e. The maximum absolute atomic E-state index is 6.18.